The minimum Gasteiger partial charge on any atom is -0.282 e. The van der Waals surface area contributed by atoms with Gasteiger partial charge in [0.25, 0.3) is 10.1 Å². The quantitative estimate of drug-likeness (QED) is 0.705. The third kappa shape index (κ3) is 8.78. The Labute approximate surface area is 78.5 Å². The summed E-state index contributed by atoms with van der Waals surface area (Å²) in [5, 5.41) is 0.465. The lowest BCUT2D eigenvalue weighted by atomic mass is 10.2. The van der Waals surface area contributed by atoms with Crippen molar-refractivity contribution in [1.29, 1.82) is 0 Å². The molecule has 4 heteroatoms. The lowest BCUT2D eigenvalue weighted by Crippen LogP contribution is -1.86. The van der Waals surface area contributed by atoms with Crippen LogP contribution >= 0.6 is 0 Å². The fraction of sp³-hybridized carbons (Fsp3) is 0.111. The molecule has 72 valence electrons. The molecule has 0 radical (unpaired) electrons. The zero-order valence-corrected chi connectivity index (χ0v) is 8.16. The maximum atomic E-state index is 9.44. The van der Waals surface area contributed by atoms with E-state index in [0.29, 0.717) is 5.41 Å². The van der Waals surface area contributed by atoms with E-state index in [1.54, 1.807) is 0 Å². The first-order valence-electron chi connectivity index (χ1n) is 3.57. The van der Waals surface area contributed by atoms with Crippen LogP contribution in [-0.2, 0) is 10.1 Å². The highest BCUT2D eigenvalue weighted by Gasteiger charge is 1.87. The number of aryl methyl sites for hydroxylation is 1. The summed E-state index contributed by atoms with van der Waals surface area (Å²) in [4.78, 5) is 0. The van der Waals surface area contributed by atoms with Crippen LogP contribution in [0.25, 0.3) is 0 Å². The van der Waals surface area contributed by atoms with Crippen molar-refractivity contribution < 1.29 is 13.0 Å². The van der Waals surface area contributed by atoms with Crippen molar-refractivity contribution in [2.75, 3.05) is 0 Å². The standard InChI is InChI=1S/C7H8.C2H4O3S/c1-7-5-3-2-4-6-7;1-2-6(3,4)5/h2-6H,1H3;2H,1H2,(H,3,4,5). The van der Waals surface area contributed by atoms with Crippen LogP contribution in [0.3, 0.4) is 0 Å². The average molecular weight is 200 g/mol. The van der Waals surface area contributed by atoms with Gasteiger partial charge in [-0.2, -0.15) is 8.42 Å². The molecule has 0 aromatic heterocycles. The first-order chi connectivity index (χ1) is 5.95. The molecule has 0 aliphatic heterocycles. The Morgan fingerprint density at radius 3 is 1.85 bits per heavy atom. The van der Waals surface area contributed by atoms with Crippen LogP contribution in [0, 0.1) is 6.92 Å². The van der Waals surface area contributed by atoms with Crippen LogP contribution < -0.4 is 0 Å². The summed E-state index contributed by atoms with van der Waals surface area (Å²) in [6, 6.07) is 10.3. The maximum absolute atomic E-state index is 9.44. The van der Waals surface area contributed by atoms with Crippen LogP contribution in [0.4, 0.5) is 0 Å². The molecule has 0 amide bonds. The van der Waals surface area contributed by atoms with Crippen molar-refractivity contribution in [2.24, 2.45) is 0 Å². The first kappa shape index (κ1) is 11.9. The summed E-state index contributed by atoms with van der Waals surface area (Å²) in [6.07, 6.45) is 0. The largest absolute Gasteiger partial charge is 0.287 e. The van der Waals surface area contributed by atoms with Crippen LogP contribution in [0.1, 0.15) is 5.56 Å². The van der Waals surface area contributed by atoms with Gasteiger partial charge in [-0.25, -0.2) is 0 Å². The summed E-state index contributed by atoms with van der Waals surface area (Å²) >= 11 is 0. The molecular weight excluding hydrogens is 188 g/mol. The van der Waals surface area contributed by atoms with Crippen LogP contribution in [0.15, 0.2) is 42.3 Å². The highest BCUT2D eigenvalue weighted by Crippen LogP contribution is 1.92. The molecule has 0 bridgehead atoms. The summed E-state index contributed by atoms with van der Waals surface area (Å²) in [5.41, 5.74) is 1.32. The Morgan fingerprint density at radius 1 is 1.31 bits per heavy atom. The minimum atomic E-state index is -3.90. The van der Waals surface area contributed by atoms with Crippen molar-refractivity contribution >= 4 is 10.1 Å². The molecule has 0 saturated carbocycles. The van der Waals surface area contributed by atoms with E-state index in [4.69, 9.17) is 4.55 Å². The summed E-state index contributed by atoms with van der Waals surface area (Å²) in [7, 11) is -3.90. The molecule has 0 spiro atoms. The van der Waals surface area contributed by atoms with E-state index >= 15 is 0 Å². The number of benzene rings is 1. The highest BCUT2D eigenvalue weighted by molar-refractivity contribution is 7.88. The maximum Gasteiger partial charge on any atom is 0.287 e. The molecular formula is C9H12O3S. The zero-order valence-electron chi connectivity index (χ0n) is 7.34. The second kappa shape index (κ2) is 5.50. The number of rotatable bonds is 1. The van der Waals surface area contributed by atoms with E-state index in [9.17, 15) is 8.42 Å². The Balaban J connectivity index is 0.000000226. The predicted octanol–water partition coefficient (Wildman–Crippen LogP) is 2.01. The Morgan fingerprint density at radius 2 is 1.69 bits per heavy atom. The average Bonchev–Trinajstić information content (AvgIpc) is 2.06. The Bertz CT molecular complexity index is 329. The van der Waals surface area contributed by atoms with Gasteiger partial charge in [0.1, 0.15) is 0 Å². The molecule has 1 aromatic rings. The number of hydrogen-bond donors (Lipinski definition) is 1. The van der Waals surface area contributed by atoms with Gasteiger partial charge < -0.3 is 0 Å². The van der Waals surface area contributed by atoms with Crippen molar-refractivity contribution in [3.05, 3.63) is 47.9 Å². The predicted molar refractivity (Wildman–Crippen MR) is 52.9 cm³/mol. The fourth-order valence-electron chi connectivity index (χ4n) is 0.534. The lowest BCUT2D eigenvalue weighted by Gasteiger charge is -1.82. The van der Waals surface area contributed by atoms with Gasteiger partial charge >= 0.3 is 0 Å². The second-order valence-electron chi connectivity index (χ2n) is 2.34. The van der Waals surface area contributed by atoms with Crippen LogP contribution in [-0.4, -0.2) is 13.0 Å². The van der Waals surface area contributed by atoms with E-state index in [-0.39, 0.29) is 0 Å². The number of hydrogen-bond acceptors (Lipinski definition) is 2. The monoisotopic (exact) mass is 200 g/mol. The van der Waals surface area contributed by atoms with Gasteiger partial charge in [0.2, 0.25) is 0 Å². The van der Waals surface area contributed by atoms with Gasteiger partial charge in [0.05, 0.1) is 5.41 Å². The fourth-order valence-corrected chi connectivity index (χ4v) is 0.534. The first-order valence-corrected chi connectivity index (χ1v) is 5.07. The molecule has 0 atom stereocenters. The molecule has 1 aromatic carbocycles. The van der Waals surface area contributed by atoms with Crippen molar-refractivity contribution in [3.63, 3.8) is 0 Å². The van der Waals surface area contributed by atoms with E-state index in [1.807, 2.05) is 18.2 Å². The van der Waals surface area contributed by atoms with Crippen molar-refractivity contribution in [3.8, 4) is 0 Å². The van der Waals surface area contributed by atoms with E-state index in [2.05, 4.69) is 25.6 Å². The summed E-state index contributed by atoms with van der Waals surface area (Å²) in [5.74, 6) is 0. The van der Waals surface area contributed by atoms with Crippen LogP contribution in [0.5, 0.6) is 0 Å². The third-order valence-electron chi connectivity index (χ3n) is 1.15. The molecule has 3 nitrogen and oxygen atoms in total. The Hall–Kier alpha value is -1.13. The molecule has 1 N–H and O–H groups in total. The molecule has 13 heavy (non-hydrogen) atoms. The summed E-state index contributed by atoms with van der Waals surface area (Å²) < 4.78 is 26.6. The van der Waals surface area contributed by atoms with Gasteiger partial charge in [-0.3, -0.25) is 4.55 Å². The van der Waals surface area contributed by atoms with E-state index in [1.165, 1.54) is 5.56 Å². The van der Waals surface area contributed by atoms with E-state index < -0.39 is 10.1 Å². The zero-order chi connectivity index (χ0) is 10.3. The smallest absolute Gasteiger partial charge is 0.282 e. The van der Waals surface area contributed by atoms with Gasteiger partial charge in [-0.1, -0.05) is 42.5 Å². The Kier molecular flexibility index (Phi) is 5.03. The third-order valence-corrected chi connectivity index (χ3v) is 1.57. The van der Waals surface area contributed by atoms with Gasteiger partial charge in [0.15, 0.2) is 0 Å². The van der Waals surface area contributed by atoms with Crippen LogP contribution in [0.2, 0.25) is 0 Å². The molecule has 0 aliphatic carbocycles. The summed E-state index contributed by atoms with van der Waals surface area (Å²) in [6.45, 7) is 4.88. The highest BCUT2D eigenvalue weighted by atomic mass is 32.2. The normalized spacial score (nSPS) is 9.69. The molecule has 0 fully saturated rings. The van der Waals surface area contributed by atoms with E-state index in [0.717, 1.165) is 0 Å². The van der Waals surface area contributed by atoms with Crippen molar-refractivity contribution in [1.82, 2.24) is 0 Å². The topological polar surface area (TPSA) is 54.4 Å². The van der Waals surface area contributed by atoms with Gasteiger partial charge in [-0.15, -0.1) is 0 Å². The molecule has 0 saturated heterocycles. The molecule has 0 heterocycles. The molecule has 0 unspecified atom stereocenters. The van der Waals surface area contributed by atoms with Crippen molar-refractivity contribution in [2.45, 2.75) is 6.92 Å². The molecule has 1 rings (SSSR count). The van der Waals surface area contributed by atoms with Gasteiger partial charge in [0, 0.05) is 0 Å². The SMILES string of the molecule is C=CS(=O)(=O)O.Cc1ccccc1. The second-order valence-corrected chi connectivity index (χ2v) is 3.70. The lowest BCUT2D eigenvalue weighted by molar-refractivity contribution is 0.494. The molecule has 0 aliphatic rings. The van der Waals surface area contributed by atoms with Gasteiger partial charge in [-0.05, 0) is 6.92 Å². The minimum absolute atomic E-state index is 0.465.